The number of hydrogen-bond donors (Lipinski definition) is 0. The van der Waals surface area contributed by atoms with E-state index in [1.807, 2.05) is 0 Å². The predicted octanol–water partition coefficient (Wildman–Crippen LogP) is 9.41. The van der Waals surface area contributed by atoms with Crippen LogP contribution < -0.4 is 0 Å². The molecule has 31 heavy (non-hydrogen) atoms. The highest BCUT2D eigenvalue weighted by atomic mass is 16.5. The van der Waals surface area contributed by atoms with Crippen molar-refractivity contribution < 1.29 is 4.74 Å². The molecule has 0 fully saturated rings. The lowest BCUT2D eigenvalue weighted by atomic mass is 9.95. The van der Waals surface area contributed by atoms with Crippen molar-refractivity contribution >= 4 is 0 Å². The second-order valence-corrected chi connectivity index (χ2v) is 9.93. The van der Waals surface area contributed by atoms with Gasteiger partial charge in [-0.2, -0.15) is 0 Å². The minimum absolute atomic E-state index is 0.889. The molecular formula is C29H61NO. The molecule has 0 amide bonds. The number of ether oxygens (including phenoxy) is 1. The number of unbranched alkanes of at least 4 members (excludes halogenated alkanes) is 11. The van der Waals surface area contributed by atoms with Crippen LogP contribution in [0.3, 0.4) is 0 Å². The first-order valence-electron chi connectivity index (χ1n) is 14.6. The second kappa shape index (κ2) is 26.2. The molecule has 0 saturated carbocycles. The van der Waals surface area contributed by atoms with Gasteiger partial charge in [0.1, 0.15) is 0 Å². The summed E-state index contributed by atoms with van der Waals surface area (Å²) in [7, 11) is 0. The summed E-state index contributed by atoms with van der Waals surface area (Å²) in [5.41, 5.74) is 0. The fourth-order valence-electron chi connectivity index (χ4n) is 4.71. The van der Waals surface area contributed by atoms with Gasteiger partial charge in [-0.15, -0.1) is 0 Å². The highest BCUT2D eigenvalue weighted by Gasteiger charge is 2.07. The molecule has 0 aromatic rings. The van der Waals surface area contributed by atoms with Crippen LogP contribution in [0.5, 0.6) is 0 Å². The average molecular weight is 440 g/mol. The van der Waals surface area contributed by atoms with Crippen LogP contribution in [-0.2, 0) is 4.74 Å². The van der Waals surface area contributed by atoms with E-state index in [1.165, 1.54) is 142 Å². The van der Waals surface area contributed by atoms with E-state index in [-0.39, 0.29) is 0 Å². The van der Waals surface area contributed by atoms with Crippen LogP contribution in [0.4, 0.5) is 0 Å². The number of hydrogen-bond acceptors (Lipinski definition) is 2. The van der Waals surface area contributed by atoms with Gasteiger partial charge in [-0.25, -0.2) is 0 Å². The minimum Gasteiger partial charge on any atom is -0.381 e. The Kier molecular flexibility index (Phi) is 26.1. The van der Waals surface area contributed by atoms with Crippen LogP contribution in [0.15, 0.2) is 0 Å². The molecule has 0 saturated heterocycles. The lowest BCUT2D eigenvalue weighted by Gasteiger charge is -2.22. The minimum atomic E-state index is 0.889. The molecule has 0 radical (unpaired) electrons. The third kappa shape index (κ3) is 22.9. The van der Waals surface area contributed by atoms with Gasteiger partial charge in [-0.05, 0) is 57.7 Å². The topological polar surface area (TPSA) is 12.5 Å². The van der Waals surface area contributed by atoms with E-state index in [1.54, 1.807) is 0 Å². The molecular weight excluding hydrogens is 378 g/mol. The van der Waals surface area contributed by atoms with Crippen molar-refractivity contribution in [2.24, 2.45) is 5.92 Å². The largest absolute Gasteiger partial charge is 0.381 e. The van der Waals surface area contributed by atoms with Gasteiger partial charge in [-0.1, -0.05) is 118 Å². The Bertz CT molecular complexity index is 298. The van der Waals surface area contributed by atoms with Gasteiger partial charge in [0.05, 0.1) is 0 Å². The first-order chi connectivity index (χ1) is 15.3. The first kappa shape index (κ1) is 30.9. The van der Waals surface area contributed by atoms with Gasteiger partial charge in [0.2, 0.25) is 0 Å². The molecule has 2 nitrogen and oxygen atoms in total. The second-order valence-electron chi connectivity index (χ2n) is 9.93. The summed E-state index contributed by atoms with van der Waals surface area (Å²) >= 11 is 0. The lowest BCUT2D eigenvalue weighted by Crippen LogP contribution is -2.27. The van der Waals surface area contributed by atoms with Crippen LogP contribution in [0, 0.1) is 5.92 Å². The highest BCUT2D eigenvalue weighted by Crippen LogP contribution is 2.17. The molecule has 0 aliphatic rings. The van der Waals surface area contributed by atoms with Crippen molar-refractivity contribution in [3.05, 3.63) is 0 Å². The smallest absolute Gasteiger partial charge is 0.0468 e. The fraction of sp³-hybridized carbons (Fsp3) is 1.00. The quantitative estimate of drug-likeness (QED) is 0.124. The van der Waals surface area contributed by atoms with Gasteiger partial charge in [0, 0.05) is 13.2 Å². The molecule has 0 spiro atoms. The summed E-state index contributed by atoms with van der Waals surface area (Å²) < 4.78 is 5.99. The highest BCUT2D eigenvalue weighted by molar-refractivity contribution is 4.61. The van der Waals surface area contributed by atoms with Gasteiger partial charge >= 0.3 is 0 Å². The van der Waals surface area contributed by atoms with E-state index in [9.17, 15) is 0 Å². The Morgan fingerprint density at radius 1 is 0.452 bits per heavy atom. The van der Waals surface area contributed by atoms with E-state index in [4.69, 9.17) is 4.74 Å². The summed E-state index contributed by atoms with van der Waals surface area (Å²) in [5, 5.41) is 0. The Morgan fingerprint density at radius 3 is 1.39 bits per heavy atom. The third-order valence-corrected chi connectivity index (χ3v) is 6.73. The standard InChI is InChI=1S/C29H61NO/c1-5-9-11-13-15-17-24-30(25-18-16-14-12-10-6-2)26-19-20-27-31-28-23-29(21-7-3)22-8-4/h29H,5-28H2,1-4H3. The molecule has 2 heteroatoms. The Morgan fingerprint density at radius 2 is 0.903 bits per heavy atom. The van der Waals surface area contributed by atoms with Crippen molar-refractivity contribution in [2.45, 2.75) is 150 Å². The maximum Gasteiger partial charge on any atom is 0.0468 e. The van der Waals surface area contributed by atoms with Crippen LogP contribution in [0.2, 0.25) is 0 Å². The Balaban J connectivity index is 3.91. The summed E-state index contributed by atoms with van der Waals surface area (Å²) in [5.74, 6) is 0.889. The van der Waals surface area contributed by atoms with Crippen molar-refractivity contribution in [3.8, 4) is 0 Å². The molecule has 0 aromatic carbocycles. The molecule has 188 valence electrons. The zero-order valence-corrected chi connectivity index (χ0v) is 22.4. The number of nitrogens with zero attached hydrogens (tertiary/aromatic N) is 1. The fourth-order valence-corrected chi connectivity index (χ4v) is 4.71. The molecule has 0 N–H and O–H groups in total. The third-order valence-electron chi connectivity index (χ3n) is 6.73. The zero-order chi connectivity index (χ0) is 22.8. The Labute approximate surface area is 198 Å². The van der Waals surface area contributed by atoms with Crippen molar-refractivity contribution in [1.82, 2.24) is 4.90 Å². The van der Waals surface area contributed by atoms with E-state index < -0.39 is 0 Å². The van der Waals surface area contributed by atoms with Crippen LogP contribution in [0.25, 0.3) is 0 Å². The molecule has 0 bridgehead atoms. The molecule has 0 aliphatic carbocycles. The van der Waals surface area contributed by atoms with Gasteiger partial charge in [0.15, 0.2) is 0 Å². The van der Waals surface area contributed by atoms with E-state index >= 15 is 0 Å². The summed E-state index contributed by atoms with van der Waals surface area (Å²) in [4.78, 5) is 2.76. The van der Waals surface area contributed by atoms with Crippen LogP contribution in [0.1, 0.15) is 150 Å². The van der Waals surface area contributed by atoms with Crippen molar-refractivity contribution in [3.63, 3.8) is 0 Å². The number of rotatable bonds is 26. The normalized spacial score (nSPS) is 11.8. The SMILES string of the molecule is CCCCCCCCN(CCCCCCCC)CCCCOCCC(CCC)CCC. The molecule has 0 unspecified atom stereocenters. The Hall–Kier alpha value is -0.0800. The lowest BCUT2D eigenvalue weighted by molar-refractivity contribution is 0.111. The van der Waals surface area contributed by atoms with Crippen LogP contribution >= 0.6 is 0 Å². The van der Waals surface area contributed by atoms with Crippen molar-refractivity contribution in [1.29, 1.82) is 0 Å². The molecule has 0 aliphatic heterocycles. The van der Waals surface area contributed by atoms with Gasteiger partial charge in [0.25, 0.3) is 0 Å². The van der Waals surface area contributed by atoms with Crippen molar-refractivity contribution in [2.75, 3.05) is 32.8 Å². The van der Waals surface area contributed by atoms with Crippen LogP contribution in [-0.4, -0.2) is 37.7 Å². The molecule has 0 aromatic heterocycles. The average Bonchev–Trinajstić information content (AvgIpc) is 2.77. The predicted molar refractivity (Wildman–Crippen MR) is 141 cm³/mol. The monoisotopic (exact) mass is 439 g/mol. The first-order valence-corrected chi connectivity index (χ1v) is 14.6. The molecule has 0 heterocycles. The van der Waals surface area contributed by atoms with Gasteiger partial charge in [-0.3, -0.25) is 0 Å². The summed E-state index contributed by atoms with van der Waals surface area (Å²) in [6, 6.07) is 0. The zero-order valence-electron chi connectivity index (χ0n) is 22.4. The summed E-state index contributed by atoms with van der Waals surface area (Å²) in [6.07, 6.45) is 26.1. The maximum absolute atomic E-state index is 5.99. The van der Waals surface area contributed by atoms with E-state index in [0.717, 1.165) is 19.1 Å². The summed E-state index contributed by atoms with van der Waals surface area (Å²) in [6.45, 7) is 15.1. The molecule has 0 rings (SSSR count). The van der Waals surface area contributed by atoms with Gasteiger partial charge < -0.3 is 9.64 Å². The molecule has 0 atom stereocenters. The van der Waals surface area contributed by atoms with E-state index in [0.29, 0.717) is 0 Å². The van der Waals surface area contributed by atoms with E-state index in [2.05, 4.69) is 32.6 Å². The maximum atomic E-state index is 5.99.